The third-order valence-electron chi connectivity index (χ3n) is 7.26. The molecular formula is C28H34ClN5S. The Bertz CT molecular complexity index is 1190. The molecule has 7 heteroatoms. The molecule has 0 radical (unpaired) electrons. The average Bonchev–Trinajstić information content (AvgIpc) is 3.45. The molecule has 3 aromatic rings. The summed E-state index contributed by atoms with van der Waals surface area (Å²) in [6.45, 7) is 11.1. The fourth-order valence-electron chi connectivity index (χ4n) is 5.13. The van der Waals surface area contributed by atoms with Crippen LogP contribution in [0.1, 0.15) is 63.9 Å². The van der Waals surface area contributed by atoms with Gasteiger partial charge in [-0.2, -0.15) is 0 Å². The van der Waals surface area contributed by atoms with E-state index in [0.29, 0.717) is 5.11 Å². The van der Waals surface area contributed by atoms with Crippen molar-refractivity contribution in [3.05, 3.63) is 77.3 Å². The molecule has 0 bridgehead atoms. The van der Waals surface area contributed by atoms with Crippen LogP contribution in [-0.2, 0) is 5.54 Å². The van der Waals surface area contributed by atoms with Crippen molar-refractivity contribution in [2.45, 2.75) is 58.2 Å². The third-order valence-corrected chi connectivity index (χ3v) is 7.88. The van der Waals surface area contributed by atoms with Crippen molar-refractivity contribution < 1.29 is 0 Å². The summed E-state index contributed by atoms with van der Waals surface area (Å²) in [6.07, 6.45) is 8.63. The first-order valence-corrected chi connectivity index (χ1v) is 13.2. The van der Waals surface area contributed by atoms with Gasteiger partial charge in [0.25, 0.3) is 0 Å². The lowest BCUT2D eigenvalue weighted by Gasteiger charge is -2.33. The standard InChI is InChI=1S/C28H34ClN5S/c1-19-10-14-32(15-11-19)24-9-8-21(17-22(24)29)34-26(20-12-16-33(18-20)28(2,3)4)25(31-27(34)35)23-7-5-6-13-30-23/h5-9,12-13,16-19,25-26H,10-11,14-15H2,1-4H3,(H,31,35)/t25-,26-/m1/s1. The summed E-state index contributed by atoms with van der Waals surface area (Å²) < 4.78 is 2.25. The number of anilines is 2. The second-order valence-electron chi connectivity index (χ2n) is 10.8. The van der Waals surface area contributed by atoms with E-state index in [-0.39, 0.29) is 17.6 Å². The number of piperidine rings is 1. The van der Waals surface area contributed by atoms with Gasteiger partial charge in [0, 0.05) is 42.9 Å². The number of nitrogens with zero attached hydrogens (tertiary/aromatic N) is 4. The maximum absolute atomic E-state index is 6.89. The largest absolute Gasteiger partial charge is 0.370 e. The van der Waals surface area contributed by atoms with Crippen LogP contribution in [-0.4, -0.2) is 27.8 Å². The predicted molar refractivity (Wildman–Crippen MR) is 149 cm³/mol. The number of aromatic nitrogens is 2. The first-order valence-electron chi connectivity index (χ1n) is 12.5. The first kappa shape index (κ1) is 24.1. The summed E-state index contributed by atoms with van der Waals surface area (Å²) in [5.41, 5.74) is 4.25. The topological polar surface area (TPSA) is 36.3 Å². The Kier molecular flexibility index (Phi) is 6.53. The zero-order chi connectivity index (χ0) is 24.7. The van der Waals surface area contributed by atoms with E-state index in [1.807, 2.05) is 18.3 Å². The Morgan fingerprint density at radius 3 is 2.49 bits per heavy atom. The summed E-state index contributed by atoms with van der Waals surface area (Å²) in [6, 6.07) is 14.5. The molecule has 35 heavy (non-hydrogen) atoms. The molecule has 2 fully saturated rings. The molecule has 2 aliphatic heterocycles. The third kappa shape index (κ3) is 4.78. The van der Waals surface area contributed by atoms with Crippen LogP contribution in [0.25, 0.3) is 0 Å². The lowest BCUT2D eigenvalue weighted by atomic mass is 9.98. The van der Waals surface area contributed by atoms with E-state index in [1.54, 1.807) is 0 Å². The Balaban J connectivity index is 1.53. The maximum Gasteiger partial charge on any atom is 0.174 e. The Morgan fingerprint density at radius 2 is 1.86 bits per heavy atom. The normalized spacial score (nSPS) is 21.5. The Hall–Kier alpha value is -2.57. The highest BCUT2D eigenvalue weighted by molar-refractivity contribution is 7.80. The minimum Gasteiger partial charge on any atom is -0.370 e. The molecule has 2 atom stereocenters. The van der Waals surface area contributed by atoms with Gasteiger partial charge in [0.05, 0.1) is 28.5 Å². The van der Waals surface area contributed by atoms with Crippen molar-refractivity contribution in [1.29, 1.82) is 0 Å². The number of pyridine rings is 1. The van der Waals surface area contributed by atoms with E-state index in [2.05, 4.69) is 95.1 Å². The van der Waals surface area contributed by atoms with Gasteiger partial charge < -0.3 is 19.7 Å². The fraction of sp³-hybridized carbons (Fsp3) is 0.429. The molecule has 0 spiro atoms. The lowest BCUT2D eigenvalue weighted by Crippen LogP contribution is -2.33. The minimum absolute atomic E-state index is 0.00693. The van der Waals surface area contributed by atoms with E-state index < -0.39 is 0 Å². The molecule has 5 nitrogen and oxygen atoms in total. The van der Waals surface area contributed by atoms with Gasteiger partial charge in [-0.1, -0.05) is 24.6 Å². The number of thiocarbonyl (C=S) groups is 1. The summed E-state index contributed by atoms with van der Waals surface area (Å²) in [7, 11) is 0. The second-order valence-corrected chi connectivity index (χ2v) is 11.6. The number of hydrogen-bond acceptors (Lipinski definition) is 3. The maximum atomic E-state index is 6.89. The van der Waals surface area contributed by atoms with Gasteiger partial charge in [-0.15, -0.1) is 0 Å². The van der Waals surface area contributed by atoms with E-state index in [0.717, 1.165) is 41.1 Å². The number of rotatable bonds is 4. The van der Waals surface area contributed by atoms with Crippen LogP contribution in [0, 0.1) is 5.92 Å². The van der Waals surface area contributed by atoms with Crippen molar-refractivity contribution in [3.63, 3.8) is 0 Å². The van der Waals surface area contributed by atoms with Crippen LogP contribution < -0.4 is 15.1 Å². The van der Waals surface area contributed by atoms with E-state index in [4.69, 9.17) is 23.8 Å². The smallest absolute Gasteiger partial charge is 0.174 e. The average molecular weight is 508 g/mol. The number of benzene rings is 1. The van der Waals surface area contributed by atoms with Gasteiger partial charge in [-0.05, 0) is 93.7 Å². The molecule has 0 aliphatic carbocycles. The molecule has 4 heterocycles. The number of hydrogen-bond donors (Lipinski definition) is 1. The monoisotopic (exact) mass is 507 g/mol. The van der Waals surface area contributed by atoms with Crippen LogP contribution in [0.4, 0.5) is 11.4 Å². The highest BCUT2D eigenvalue weighted by Crippen LogP contribution is 2.43. The highest BCUT2D eigenvalue weighted by Gasteiger charge is 2.41. The molecule has 184 valence electrons. The molecule has 2 aliphatic rings. The molecule has 0 saturated carbocycles. The van der Waals surface area contributed by atoms with Crippen molar-refractivity contribution in [2.75, 3.05) is 22.9 Å². The highest BCUT2D eigenvalue weighted by atomic mass is 35.5. The first-order chi connectivity index (χ1) is 16.7. The Morgan fingerprint density at radius 1 is 1.09 bits per heavy atom. The van der Waals surface area contributed by atoms with Gasteiger partial charge in [-0.25, -0.2) is 0 Å². The lowest BCUT2D eigenvalue weighted by molar-refractivity contribution is 0.397. The van der Waals surface area contributed by atoms with Gasteiger partial charge in [-0.3, -0.25) is 4.98 Å². The van der Waals surface area contributed by atoms with Gasteiger partial charge >= 0.3 is 0 Å². The van der Waals surface area contributed by atoms with Crippen LogP contribution in [0.5, 0.6) is 0 Å². The van der Waals surface area contributed by atoms with Crippen molar-refractivity contribution in [1.82, 2.24) is 14.9 Å². The fourth-order valence-corrected chi connectivity index (χ4v) is 5.77. The zero-order valence-electron chi connectivity index (χ0n) is 20.9. The molecule has 2 saturated heterocycles. The Labute approximate surface area is 219 Å². The predicted octanol–water partition coefficient (Wildman–Crippen LogP) is 6.70. The van der Waals surface area contributed by atoms with Crippen molar-refractivity contribution in [2.24, 2.45) is 5.92 Å². The SMILES string of the molecule is CC1CCN(c2ccc(N3C(=S)N[C@H](c4ccccn4)[C@H]3c3ccn(C(C)(C)C)c3)cc2Cl)CC1. The molecule has 2 aromatic heterocycles. The summed E-state index contributed by atoms with van der Waals surface area (Å²) >= 11 is 12.8. The van der Waals surface area contributed by atoms with Crippen LogP contribution in [0.15, 0.2) is 61.1 Å². The van der Waals surface area contributed by atoms with E-state index >= 15 is 0 Å². The number of halogens is 1. The van der Waals surface area contributed by atoms with Crippen LogP contribution >= 0.6 is 23.8 Å². The molecule has 1 N–H and O–H groups in total. The molecule has 1 aromatic carbocycles. The van der Waals surface area contributed by atoms with Gasteiger partial charge in [0.1, 0.15) is 0 Å². The van der Waals surface area contributed by atoms with Crippen LogP contribution in [0.3, 0.4) is 0 Å². The molecule has 0 unspecified atom stereocenters. The van der Waals surface area contributed by atoms with Gasteiger partial charge in [0.2, 0.25) is 0 Å². The summed E-state index contributed by atoms with van der Waals surface area (Å²) in [5.74, 6) is 0.780. The summed E-state index contributed by atoms with van der Waals surface area (Å²) in [5, 5.41) is 5.01. The quantitative estimate of drug-likeness (QED) is 0.397. The molecule has 5 rings (SSSR count). The second kappa shape index (κ2) is 9.47. The zero-order valence-corrected chi connectivity index (χ0v) is 22.5. The van der Waals surface area contributed by atoms with E-state index in [9.17, 15) is 0 Å². The molecule has 0 amide bonds. The molecular weight excluding hydrogens is 474 g/mol. The van der Waals surface area contributed by atoms with Crippen molar-refractivity contribution in [3.8, 4) is 0 Å². The minimum atomic E-state index is -0.0680. The van der Waals surface area contributed by atoms with Gasteiger partial charge in [0.15, 0.2) is 5.11 Å². The van der Waals surface area contributed by atoms with Crippen LogP contribution in [0.2, 0.25) is 5.02 Å². The number of nitrogens with one attached hydrogen (secondary N) is 1. The summed E-state index contributed by atoms with van der Waals surface area (Å²) in [4.78, 5) is 9.27. The van der Waals surface area contributed by atoms with E-state index in [1.165, 1.54) is 18.4 Å². The van der Waals surface area contributed by atoms with Crippen molar-refractivity contribution >= 4 is 40.3 Å².